The Morgan fingerprint density at radius 1 is 1.05 bits per heavy atom. The van der Waals surface area contributed by atoms with Crippen molar-refractivity contribution >= 4 is 5.97 Å². The normalized spacial score (nSPS) is 16.0. The smallest absolute Gasteiger partial charge is 0.379 e. The molecule has 104 valence electrons. The summed E-state index contributed by atoms with van der Waals surface area (Å²) in [6.07, 6.45) is 8.00. The Kier molecular flexibility index (Phi) is 3.86. The molecule has 1 aromatic carbocycles. The molecule has 3 heteroatoms. The zero-order valence-electron chi connectivity index (χ0n) is 11.4. The molecule has 1 aliphatic rings. The molecule has 0 spiro atoms. The molecule has 1 aliphatic carbocycles. The van der Waals surface area contributed by atoms with E-state index in [4.69, 9.17) is 9.15 Å². The van der Waals surface area contributed by atoms with Crippen LogP contribution in [0, 0.1) is 0 Å². The van der Waals surface area contributed by atoms with E-state index in [9.17, 15) is 4.79 Å². The molecule has 2 aromatic rings. The molecule has 1 saturated carbocycles. The molecule has 0 saturated heterocycles. The van der Waals surface area contributed by atoms with Gasteiger partial charge in [-0.15, -0.1) is 0 Å². The van der Waals surface area contributed by atoms with Gasteiger partial charge in [-0.3, -0.25) is 0 Å². The largest absolute Gasteiger partial charge is 0.457 e. The highest BCUT2D eigenvalue weighted by molar-refractivity contribution is 5.88. The van der Waals surface area contributed by atoms with Crippen molar-refractivity contribution in [1.29, 1.82) is 0 Å². The van der Waals surface area contributed by atoms with Gasteiger partial charge in [-0.05, 0) is 48.6 Å². The van der Waals surface area contributed by atoms with E-state index in [-0.39, 0.29) is 5.76 Å². The first-order valence-corrected chi connectivity index (χ1v) is 7.18. The van der Waals surface area contributed by atoms with Gasteiger partial charge in [0.1, 0.15) is 5.75 Å². The summed E-state index contributed by atoms with van der Waals surface area (Å²) in [6.45, 7) is 0. The second-order valence-electron chi connectivity index (χ2n) is 5.27. The van der Waals surface area contributed by atoms with E-state index in [1.165, 1.54) is 43.9 Å². The third kappa shape index (κ3) is 2.93. The van der Waals surface area contributed by atoms with E-state index in [0.29, 0.717) is 11.7 Å². The molecule has 0 N–H and O–H groups in total. The van der Waals surface area contributed by atoms with E-state index in [1.54, 1.807) is 12.1 Å². The molecule has 0 bridgehead atoms. The zero-order chi connectivity index (χ0) is 13.8. The van der Waals surface area contributed by atoms with Crippen LogP contribution >= 0.6 is 0 Å². The maximum Gasteiger partial charge on any atom is 0.379 e. The maximum atomic E-state index is 11.7. The molecule has 0 atom stereocenters. The Labute approximate surface area is 118 Å². The predicted molar refractivity (Wildman–Crippen MR) is 75.9 cm³/mol. The van der Waals surface area contributed by atoms with E-state index >= 15 is 0 Å². The number of ether oxygens (including phenoxy) is 1. The van der Waals surface area contributed by atoms with E-state index in [2.05, 4.69) is 12.1 Å². The maximum absolute atomic E-state index is 11.7. The van der Waals surface area contributed by atoms with Gasteiger partial charge in [-0.2, -0.15) is 0 Å². The van der Waals surface area contributed by atoms with Crippen LogP contribution in [0.5, 0.6) is 5.75 Å². The number of benzene rings is 1. The van der Waals surface area contributed by atoms with E-state index < -0.39 is 5.97 Å². The lowest BCUT2D eigenvalue weighted by Crippen LogP contribution is -2.08. The van der Waals surface area contributed by atoms with Crippen molar-refractivity contribution in [3.05, 3.63) is 54.0 Å². The monoisotopic (exact) mass is 270 g/mol. The first-order valence-electron chi connectivity index (χ1n) is 7.18. The molecule has 3 nitrogen and oxygen atoms in total. The van der Waals surface area contributed by atoms with Crippen molar-refractivity contribution < 1.29 is 13.9 Å². The quantitative estimate of drug-likeness (QED) is 0.607. The standard InChI is InChI=1S/C17H18O3/c18-17(16-7-4-12-19-16)20-15-10-8-14(9-11-15)13-5-2-1-3-6-13/h4,7-13H,1-3,5-6H2. The van der Waals surface area contributed by atoms with Gasteiger partial charge in [-0.1, -0.05) is 31.4 Å². The van der Waals surface area contributed by atoms with Gasteiger partial charge in [0.25, 0.3) is 0 Å². The van der Waals surface area contributed by atoms with Crippen LogP contribution in [0.3, 0.4) is 0 Å². The molecule has 0 aliphatic heterocycles. The van der Waals surface area contributed by atoms with Gasteiger partial charge in [0, 0.05) is 0 Å². The minimum Gasteiger partial charge on any atom is -0.457 e. The van der Waals surface area contributed by atoms with Crippen LogP contribution in [0.4, 0.5) is 0 Å². The summed E-state index contributed by atoms with van der Waals surface area (Å²) in [5.41, 5.74) is 1.35. The van der Waals surface area contributed by atoms with Gasteiger partial charge in [0.15, 0.2) is 0 Å². The highest BCUT2D eigenvalue weighted by Gasteiger charge is 2.16. The van der Waals surface area contributed by atoms with Crippen LogP contribution < -0.4 is 4.74 Å². The van der Waals surface area contributed by atoms with Crippen LogP contribution in [-0.4, -0.2) is 5.97 Å². The first kappa shape index (κ1) is 13.0. The second-order valence-corrected chi connectivity index (χ2v) is 5.27. The van der Waals surface area contributed by atoms with Gasteiger partial charge in [0.05, 0.1) is 6.26 Å². The molecule has 0 amide bonds. The summed E-state index contributed by atoms with van der Waals surface area (Å²) >= 11 is 0. The molecular weight excluding hydrogens is 252 g/mol. The summed E-state index contributed by atoms with van der Waals surface area (Å²) in [5.74, 6) is 0.992. The molecule has 0 unspecified atom stereocenters. The van der Waals surface area contributed by atoms with Gasteiger partial charge < -0.3 is 9.15 Å². The third-order valence-electron chi connectivity index (χ3n) is 3.89. The molecule has 20 heavy (non-hydrogen) atoms. The fraction of sp³-hybridized carbons (Fsp3) is 0.353. The van der Waals surface area contributed by atoms with Crippen molar-refractivity contribution in [1.82, 2.24) is 0 Å². The molecule has 3 rings (SSSR count). The SMILES string of the molecule is O=C(Oc1ccc(C2CCCCC2)cc1)c1ccco1. The first-order chi connectivity index (χ1) is 9.83. The summed E-state index contributed by atoms with van der Waals surface area (Å²) in [6, 6.07) is 11.1. The predicted octanol–water partition coefficient (Wildman–Crippen LogP) is 4.55. The van der Waals surface area contributed by atoms with Crippen LogP contribution in [0.1, 0.15) is 54.1 Å². The van der Waals surface area contributed by atoms with E-state index in [0.717, 1.165) is 0 Å². The summed E-state index contributed by atoms with van der Waals surface area (Å²) in [7, 11) is 0. The minimum atomic E-state index is -0.458. The average Bonchev–Trinajstić information content (AvgIpc) is 3.03. The van der Waals surface area contributed by atoms with Crippen LogP contribution in [0.25, 0.3) is 0 Å². The van der Waals surface area contributed by atoms with Crippen molar-refractivity contribution in [3.8, 4) is 5.75 Å². The Balaban J connectivity index is 1.65. The minimum absolute atomic E-state index is 0.223. The lowest BCUT2D eigenvalue weighted by Gasteiger charge is -2.21. The average molecular weight is 270 g/mol. The summed E-state index contributed by atoms with van der Waals surface area (Å²) < 4.78 is 10.3. The topological polar surface area (TPSA) is 39.4 Å². The number of carbonyl (C=O) groups is 1. The van der Waals surface area contributed by atoms with E-state index in [1.807, 2.05) is 12.1 Å². The van der Waals surface area contributed by atoms with Crippen molar-refractivity contribution in [3.63, 3.8) is 0 Å². The molecule has 1 aromatic heterocycles. The fourth-order valence-electron chi connectivity index (χ4n) is 2.80. The molecule has 0 radical (unpaired) electrons. The molecule has 1 heterocycles. The Morgan fingerprint density at radius 2 is 1.80 bits per heavy atom. The molecule has 1 fully saturated rings. The number of rotatable bonds is 3. The number of hydrogen-bond donors (Lipinski definition) is 0. The van der Waals surface area contributed by atoms with Crippen LogP contribution in [0.15, 0.2) is 47.1 Å². The van der Waals surface area contributed by atoms with Crippen LogP contribution in [0.2, 0.25) is 0 Å². The Bertz CT molecular complexity index is 548. The zero-order valence-corrected chi connectivity index (χ0v) is 11.4. The Hall–Kier alpha value is -2.03. The number of hydrogen-bond acceptors (Lipinski definition) is 3. The van der Waals surface area contributed by atoms with Crippen molar-refractivity contribution in [2.75, 3.05) is 0 Å². The lowest BCUT2D eigenvalue weighted by atomic mass is 9.84. The number of esters is 1. The van der Waals surface area contributed by atoms with Crippen molar-refractivity contribution in [2.45, 2.75) is 38.0 Å². The summed E-state index contributed by atoms with van der Waals surface area (Å²) in [4.78, 5) is 11.7. The van der Waals surface area contributed by atoms with Gasteiger partial charge >= 0.3 is 5.97 Å². The second kappa shape index (κ2) is 5.95. The third-order valence-corrected chi connectivity index (χ3v) is 3.89. The number of carbonyl (C=O) groups excluding carboxylic acids is 1. The number of furan rings is 1. The van der Waals surface area contributed by atoms with Crippen molar-refractivity contribution in [2.24, 2.45) is 0 Å². The Morgan fingerprint density at radius 3 is 2.45 bits per heavy atom. The summed E-state index contributed by atoms with van der Waals surface area (Å²) in [5, 5.41) is 0. The fourth-order valence-corrected chi connectivity index (χ4v) is 2.80. The van der Waals surface area contributed by atoms with Gasteiger partial charge in [0.2, 0.25) is 5.76 Å². The highest BCUT2D eigenvalue weighted by atomic mass is 16.5. The molecular formula is C17H18O3. The van der Waals surface area contributed by atoms with Crippen LogP contribution in [-0.2, 0) is 0 Å². The highest BCUT2D eigenvalue weighted by Crippen LogP contribution is 2.33. The van der Waals surface area contributed by atoms with Gasteiger partial charge in [-0.25, -0.2) is 4.79 Å². The lowest BCUT2D eigenvalue weighted by molar-refractivity contribution is 0.0701.